The summed E-state index contributed by atoms with van der Waals surface area (Å²) in [5.41, 5.74) is 2.66. The first-order valence-electron chi connectivity index (χ1n) is 10.4. The van der Waals surface area contributed by atoms with Crippen LogP contribution in [0.2, 0.25) is 0 Å². The Morgan fingerprint density at radius 3 is 2.79 bits per heavy atom. The SMILES string of the molecule is O=C(/C=C/c1cccnc1)N1CCC2(CCCN(CCc3ccccc3)C2)C1. The van der Waals surface area contributed by atoms with Gasteiger partial charge in [-0.15, -0.1) is 0 Å². The Labute approximate surface area is 167 Å². The van der Waals surface area contributed by atoms with E-state index in [-0.39, 0.29) is 11.3 Å². The molecule has 0 bridgehead atoms. The Balaban J connectivity index is 1.31. The summed E-state index contributed by atoms with van der Waals surface area (Å²) in [6.45, 7) is 5.19. The normalized spacial score (nSPS) is 22.9. The number of benzene rings is 1. The average Bonchev–Trinajstić information content (AvgIpc) is 3.15. The number of hydrogen-bond acceptors (Lipinski definition) is 3. The molecule has 1 aromatic heterocycles. The Hall–Kier alpha value is -2.46. The van der Waals surface area contributed by atoms with Crippen molar-refractivity contribution in [3.8, 4) is 0 Å². The summed E-state index contributed by atoms with van der Waals surface area (Å²) in [6, 6.07) is 14.6. The number of carbonyl (C=O) groups excluding carboxylic acids is 1. The van der Waals surface area contributed by atoms with E-state index in [0.717, 1.165) is 44.6 Å². The first-order valence-corrected chi connectivity index (χ1v) is 10.4. The molecule has 0 N–H and O–H groups in total. The van der Waals surface area contributed by atoms with Crippen molar-refractivity contribution in [3.63, 3.8) is 0 Å². The number of aromatic nitrogens is 1. The van der Waals surface area contributed by atoms with E-state index in [4.69, 9.17) is 0 Å². The molecule has 0 saturated carbocycles. The summed E-state index contributed by atoms with van der Waals surface area (Å²) < 4.78 is 0. The molecule has 1 aromatic carbocycles. The van der Waals surface area contributed by atoms with Gasteiger partial charge in [0.1, 0.15) is 0 Å². The van der Waals surface area contributed by atoms with Gasteiger partial charge < -0.3 is 9.80 Å². The summed E-state index contributed by atoms with van der Waals surface area (Å²) in [5.74, 6) is 0.127. The minimum absolute atomic E-state index is 0.127. The maximum absolute atomic E-state index is 12.6. The number of carbonyl (C=O) groups is 1. The Kier molecular flexibility index (Phi) is 5.87. The highest BCUT2D eigenvalue weighted by Crippen LogP contribution is 2.39. The fourth-order valence-corrected chi connectivity index (χ4v) is 4.64. The van der Waals surface area contributed by atoms with Crippen molar-refractivity contribution in [1.29, 1.82) is 0 Å². The lowest BCUT2D eigenvalue weighted by atomic mass is 9.79. The van der Waals surface area contributed by atoms with Crippen LogP contribution in [0.1, 0.15) is 30.4 Å². The summed E-state index contributed by atoms with van der Waals surface area (Å²) in [4.78, 5) is 21.4. The lowest BCUT2D eigenvalue weighted by Gasteiger charge is -2.40. The number of nitrogens with zero attached hydrogens (tertiary/aromatic N) is 3. The minimum atomic E-state index is 0.127. The van der Waals surface area contributed by atoms with E-state index >= 15 is 0 Å². The van der Waals surface area contributed by atoms with Gasteiger partial charge in [-0.2, -0.15) is 0 Å². The van der Waals surface area contributed by atoms with Crippen LogP contribution in [-0.4, -0.2) is 53.4 Å². The summed E-state index contributed by atoms with van der Waals surface area (Å²) in [6.07, 6.45) is 11.8. The third kappa shape index (κ3) is 4.68. The van der Waals surface area contributed by atoms with Gasteiger partial charge in [-0.3, -0.25) is 9.78 Å². The molecule has 4 nitrogen and oxygen atoms in total. The van der Waals surface area contributed by atoms with Gasteiger partial charge in [-0.25, -0.2) is 0 Å². The molecule has 1 unspecified atom stereocenters. The van der Waals surface area contributed by atoms with E-state index < -0.39 is 0 Å². The molecule has 2 aliphatic rings. The summed E-state index contributed by atoms with van der Waals surface area (Å²) in [5, 5.41) is 0. The van der Waals surface area contributed by atoms with Crippen LogP contribution in [0.5, 0.6) is 0 Å². The minimum Gasteiger partial charge on any atom is -0.339 e. The number of pyridine rings is 1. The highest BCUT2D eigenvalue weighted by molar-refractivity contribution is 5.92. The topological polar surface area (TPSA) is 36.4 Å². The molecule has 2 aromatic rings. The van der Waals surface area contributed by atoms with Crippen molar-refractivity contribution >= 4 is 12.0 Å². The largest absolute Gasteiger partial charge is 0.339 e. The van der Waals surface area contributed by atoms with Gasteiger partial charge in [-0.05, 0) is 55.5 Å². The van der Waals surface area contributed by atoms with Crippen LogP contribution in [0.25, 0.3) is 6.08 Å². The first-order chi connectivity index (χ1) is 13.7. The molecule has 146 valence electrons. The lowest BCUT2D eigenvalue weighted by molar-refractivity contribution is -0.125. The van der Waals surface area contributed by atoms with E-state index in [9.17, 15) is 4.79 Å². The number of likely N-dealkylation sites (tertiary alicyclic amines) is 2. The van der Waals surface area contributed by atoms with Crippen molar-refractivity contribution < 1.29 is 4.79 Å². The van der Waals surface area contributed by atoms with E-state index in [2.05, 4.69) is 40.2 Å². The maximum Gasteiger partial charge on any atom is 0.246 e. The monoisotopic (exact) mass is 375 g/mol. The van der Waals surface area contributed by atoms with Crippen LogP contribution in [-0.2, 0) is 11.2 Å². The molecule has 4 heteroatoms. The molecule has 1 atom stereocenters. The smallest absolute Gasteiger partial charge is 0.246 e. The molecular weight excluding hydrogens is 346 g/mol. The van der Waals surface area contributed by atoms with E-state index in [1.165, 1.54) is 24.9 Å². The van der Waals surface area contributed by atoms with Crippen LogP contribution >= 0.6 is 0 Å². The fourth-order valence-electron chi connectivity index (χ4n) is 4.64. The predicted molar refractivity (Wildman–Crippen MR) is 113 cm³/mol. The van der Waals surface area contributed by atoms with Crippen LogP contribution in [0, 0.1) is 5.41 Å². The fraction of sp³-hybridized carbons (Fsp3) is 0.417. The zero-order chi connectivity index (χ0) is 19.2. The number of rotatable bonds is 5. The third-order valence-corrected chi connectivity index (χ3v) is 6.15. The molecular formula is C24H29N3O. The van der Waals surface area contributed by atoms with Crippen molar-refractivity contribution in [2.75, 3.05) is 32.7 Å². The molecule has 2 aliphatic heterocycles. The van der Waals surface area contributed by atoms with Crippen molar-refractivity contribution in [1.82, 2.24) is 14.8 Å². The van der Waals surface area contributed by atoms with E-state index in [0.29, 0.717) is 0 Å². The van der Waals surface area contributed by atoms with E-state index in [1.807, 2.05) is 23.1 Å². The van der Waals surface area contributed by atoms with Crippen LogP contribution in [0.3, 0.4) is 0 Å². The molecule has 0 radical (unpaired) electrons. The third-order valence-electron chi connectivity index (χ3n) is 6.15. The Morgan fingerprint density at radius 1 is 1.07 bits per heavy atom. The van der Waals surface area contributed by atoms with Crippen LogP contribution < -0.4 is 0 Å². The lowest BCUT2D eigenvalue weighted by Crippen LogP contribution is -2.45. The number of piperidine rings is 1. The number of hydrogen-bond donors (Lipinski definition) is 0. The summed E-state index contributed by atoms with van der Waals surface area (Å²) >= 11 is 0. The Morgan fingerprint density at radius 2 is 1.96 bits per heavy atom. The highest BCUT2D eigenvalue weighted by atomic mass is 16.2. The average molecular weight is 376 g/mol. The molecule has 1 amide bonds. The maximum atomic E-state index is 12.6. The second-order valence-electron chi connectivity index (χ2n) is 8.24. The molecule has 1 spiro atoms. The van der Waals surface area contributed by atoms with Gasteiger partial charge in [0.15, 0.2) is 0 Å². The van der Waals surface area contributed by atoms with Gasteiger partial charge in [0.05, 0.1) is 0 Å². The second kappa shape index (κ2) is 8.70. The van der Waals surface area contributed by atoms with Crippen molar-refractivity contribution in [2.45, 2.75) is 25.7 Å². The second-order valence-corrected chi connectivity index (χ2v) is 8.24. The van der Waals surface area contributed by atoms with Gasteiger partial charge in [0.25, 0.3) is 0 Å². The van der Waals surface area contributed by atoms with Crippen molar-refractivity contribution in [2.24, 2.45) is 5.41 Å². The highest BCUT2D eigenvalue weighted by Gasteiger charge is 2.42. The van der Waals surface area contributed by atoms with Gasteiger partial charge in [0.2, 0.25) is 5.91 Å². The van der Waals surface area contributed by atoms with Crippen molar-refractivity contribution in [3.05, 3.63) is 72.1 Å². The molecule has 28 heavy (non-hydrogen) atoms. The van der Waals surface area contributed by atoms with Crippen LogP contribution in [0.4, 0.5) is 0 Å². The molecule has 0 aliphatic carbocycles. The number of amides is 1. The quantitative estimate of drug-likeness (QED) is 0.749. The van der Waals surface area contributed by atoms with E-state index in [1.54, 1.807) is 18.5 Å². The zero-order valence-corrected chi connectivity index (χ0v) is 16.5. The summed E-state index contributed by atoms with van der Waals surface area (Å²) in [7, 11) is 0. The Bertz CT molecular complexity index is 805. The molecule has 3 heterocycles. The predicted octanol–water partition coefficient (Wildman–Crippen LogP) is 3.65. The van der Waals surface area contributed by atoms with Crippen LogP contribution in [0.15, 0.2) is 60.9 Å². The first kappa shape index (κ1) is 18.9. The molecule has 4 rings (SSSR count). The van der Waals surface area contributed by atoms with Gasteiger partial charge in [-0.1, -0.05) is 36.4 Å². The molecule has 2 fully saturated rings. The zero-order valence-electron chi connectivity index (χ0n) is 16.5. The standard InChI is InChI=1S/C24H29N3O/c28-23(10-9-22-8-4-14-25-18-22)27-17-13-24(20-27)12-5-15-26(19-24)16-11-21-6-2-1-3-7-21/h1-4,6-10,14,18H,5,11-13,15-17,19-20H2/b10-9+. The van der Waals surface area contributed by atoms with Gasteiger partial charge in [0, 0.05) is 50.1 Å². The van der Waals surface area contributed by atoms with Gasteiger partial charge >= 0.3 is 0 Å². The molecule has 2 saturated heterocycles.